The number of carbonyl (C=O) groups excluding carboxylic acids is 3. The van der Waals surface area contributed by atoms with Gasteiger partial charge in [-0.05, 0) is 24.6 Å². The number of hydrogen-bond donors (Lipinski definition) is 0. The maximum absolute atomic E-state index is 13.4. The number of pyridine rings is 1. The number of rotatable bonds is 3. The number of amides is 1. The average Bonchev–Trinajstić information content (AvgIpc) is 3.12. The van der Waals surface area contributed by atoms with Gasteiger partial charge in [0.25, 0.3) is 0 Å². The molecule has 0 bridgehead atoms. The third kappa shape index (κ3) is 2.51. The summed E-state index contributed by atoms with van der Waals surface area (Å²) in [6.07, 6.45) is 2.26. The van der Waals surface area contributed by atoms with Crippen LogP contribution in [-0.4, -0.2) is 39.9 Å². The van der Waals surface area contributed by atoms with Crippen LogP contribution in [0.2, 0.25) is 0 Å². The zero-order chi connectivity index (χ0) is 21.0. The van der Waals surface area contributed by atoms with Crippen LogP contribution in [0.25, 0.3) is 16.6 Å². The van der Waals surface area contributed by atoms with Gasteiger partial charge in [0, 0.05) is 23.3 Å². The van der Waals surface area contributed by atoms with E-state index in [0.717, 1.165) is 22.2 Å². The number of fused-ring (bicyclic) bond motifs is 5. The van der Waals surface area contributed by atoms with Gasteiger partial charge in [-0.1, -0.05) is 32.0 Å². The minimum Gasteiger partial charge on any atom is -0.462 e. The van der Waals surface area contributed by atoms with Gasteiger partial charge in [0.15, 0.2) is 0 Å². The predicted octanol–water partition coefficient (Wildman–Crippen LogP) is 2.82. The van der Waals surface area contributed by atoms with Crippen LogP contribution in [-0.2, 0) is 30.4 Å². The van der Waals surface area contributed by atoms with Crippen molar-refractivity contribution < 1.29 is 23.9 Å². The Kier molecular flexibility index (Phi) is 4.17. The van der Waals surface area contributed by atoms with Crippen molar-refractivity contribution in [2.24, 2.45) is 11.8 Å². The van der Waals surface area contributed by atoms with Crippen LogP contribution < -0.4 is 0 Å². The first-order chi connectivity index (χ1) is 14.5. The summed E-state index contributed by atoms with van der Waals surface area (Å²) in [6.45, 7) is 3.87. The Bertz CT molecular complexity index is 1120. The normalized spacial score (nSPS) is 27.1. The Hall–Kier alpha value is -3.22. The van der Waals surface area contributed by atoms with Crippen molar-refractivity contribution >= 4 is 34.4 Å². The second-order valence-electron chi connectivity index (χ2n) is 7.97. The van der Waals surface area contributed by atoms with Gasteiger partial charge in [0.2, 0.25) is 11.5 Å². The van der Waals surface area contributed by atoms with Gasteiger partial charge in [-0.25, -0.2) is 9.78 Å². The van der Waals surface area contributed by atoms with E-state index in [4.69, 9.17) is 14.5 Å². The summed E-state index contributed by atoms with van der Waals surface area (Å²) in [4.78, 5) is 44.9. The van der Waals surface area contributed by atoms with Crippen LogP contribution in [0.3, 0.4) is 0 Å². The number of nitrogens with zero attached hydrogens (tertiary/aromatic N) is 2. The molecule has 1 aromatic heterocycles. The molecular weight excluding hydrogens is 384 g/mol. The van der Waals surface area contributed by atoms with E-state index in [9.17, 15) is 14.4 Å². The molecule has 7 nitrogen and oxygen atoms in total. The van der Waals surface area contributed by atoms with Crippen LogP contribution in [0.1, 0.15) is 37.9 Å². The summed E-state index contributed by atoms with van der Waals surface area (Å²) in [6, 6.07) is 9.87. The maximum atomic E-state index is 13.4. The van der Waals surface area contributed by atoms with Gasteiger partial charge < -0.3 is 14.4 Å². The summed E-state index contributed by atoms with van der Waals surface area (Å²) >= 11 is 0. The first-order valence-corrected chi connectivity index (χ1v) is 10.3. The summed E-state index contributed by atoms with van der Waals surface area (Å²) < 4.78 is 11.0. The Morgan fingerprint density at radius 1 is 1.30 bits per heavy atom. The smallest absolute Gasteiger partial charge is 0.351 e. The molecule has 3 unspecified atom stereocenters. The van der Waals surface area contributed by atoms with Crippen LogP contribution >= 0.6 is 0 Å². The number of aromatic nitrogens is 1. The molecule has 1 amide bonds. The molecule has 0 spiro atoms. The molecule has 0 aliphatic carbocycles. The molecule has 30 heavy (non-hydrogen) atoms. The molecule has 0 saturated carbocycles. The van der Waals surface area contributed by atoms with E-state index in [1.54, 1.807) is 18.7 Å². The number of hydrogen-bond acceptors (Lipinski definition) is 6. The van der Waals surface area contributed by atoms with Gasteiger partial charge in [0.1, 0.15) is 6.61 Å². The number of ether oxygens (including phenoxy) is 2. The SMILES string of the molecule is CCC(=O)OC1(CC)C(=O)OCC2C(=O)N3Cc4cc5ccccc5nc4C3=CC21. The van der Waals surface area contributed by atoms with Crippen molar-refractivity contribution in [2.45, 2.75) is 38.8 Å². The summed E-state index contributed by atoms with van der Waals surface area (Å²) in [5.41, 5.74) is 1.74. The van der Waals surface area contributed by atoms with Gasteiger partial charge >= 0.3 is 11.9 Å². The molecule has 2 aromatic rings. The lowest BCUT2D eigenvalue weighted by Gasteiger charge is -2.46. The van der Waals surface area contributed by atoms with E-state index in [2.05, 4.69) is 6.07 Å². The first kappa shape index (κ1) is 18.8. The molecule has 0 radical (unpaired) electrons. The lowest BCUT2D eigenvalue weighted by Crippen LogP contribution is -2.60. The molecule has 0 N–H and O–H groups in total. The minimum absolute atomic E-state index is 0.0141. The molecule has 1 saturated heterocycles. The van der Waals surface area contributed by atoms with E-state index < -0.39 is 29.4 Å². The van der Waals surface area contributed by atoms with E-state index in [-0.39, 0.29) is 25.4 Å². The molecule has 3 atom stereocenters. The molecular formula is C23H22N2O5. The fraction of sp³-hybridized carbons (Fsp3) is 0.391. The fourth-order valence-electron chi connectivity index (χ4n) is 4.79. The molecule has 1 fully saturated rings. The summed E-state index contributed by atoms with van der Waals surface area (Å²) in [7, 11) is 0. The monoisotopic (exact) mass is 406 g/mol. The molecule has 154 valence electrons. The highest BCUT2D eigenvalue weighted by molar-refractivity contribution is 5.97. The largest absolute Gasteiger partial charge is 0.462 e. The van der Waals surface area contributed by atoms with Crippen molar-refractivity contribution in [3.05, 3.63) is 47.7 Å². The molecule has 7 heteroatoms. The van der Waals surface area contributed by atoms with Gasteiger partial charge in [0.05, 0.1) is 29.4 Å². The van der Waals surface area contributed by atoms with Crippen LogP contribution in [0.5, 0.6) is 0 Å². The Labute approximate surface area is 173 Å². The highest BCUT2D eigenvalue weighted by Crippen LogP contribution is 2.47. The Morgan fingerprint density at radius 3 is 2.87 bits per heavy atom. The summed E-state index contributed by atoms with van der Waals surface area (Å²) in [5.74, 6) is -2.37. The van der Waals surface area contributed by atoms with Crippen molar-refractivity contribution in [3.8, 4) is 0 Å². The zero-order valence-corrected chi connectivity index (χ0v) is 16.9. The fourth-order valence-corrected chi connectivity index (χ4v) is 4.79. The van der Waals surface area contributed by atoms with Gasteiger partial charge in [-0.2, -0.15) is 0 Å². The maximum Gasteiger partial charge on any atom is 0.351 e. The highest BCUT2D eigenvalue weighted by Gasteiger charge is 2.59. The van der Waals surface area contributed by atoms with Crippen molar-refractivity contribution in [1.29, 1.82) is 0 Å². The third-order valence-electron chi connectivity index (χ3n) is 6.41. The van der Waals surface area contributed by atoms with E-state index in [1.807, 2.05) is 30.3 Å². The van der Waals surface area contributed by atoms with Crippen LogP contribution in [0.4, 0.5) is 0 Å². The van der Waals surface area contributed by atoms with Crippen molar-refractivity contribution in [3.63, 3.8) is 0 Å². The molecule has 1 aromatic carbocycles. The number of esters is 2. The van der Waals surface area contributed by atoms with E-state index >= 15 is 0 Å². The Balaban J connectivity index is 1.66. The lowest BCUT2D eigenvalue weighted by atomic mass is 9.72. The second-order valence-corrected chi connectivity index (χ2v) is 7.97. The zero-order valence-electron chi connectivity index (χ0n) is 16.9. The molecule has 3 aliphatic rings. The first-order valence-electron chi connectivity index (χ1n) is 10.3. The Morgan fingerprint density at radius 2 is 2.10 bits per heavy atom. The summed E-state index contributed by atoms with van der Waals surface area (Å²) in [5, 5.41) is 1.01. The second kappa shape index (κ2) is 6.65. The molecule has 3 aliphatic heterocycles. The third-order valence-corrected chi connectivity index (χ3v) is 6.41. The minimum atomic E-state index is -1.50. The standard InChI is InChI=1S/C23H22N2O5/c1-3-19(26)30-23(4-2)16-10-18-20-14(9-13-7-5-6-8-17(13)24-20)11-25(18)21(27)15(16)12-29-22(23)28/h5-10,15-16H,3-4,11-12H2,1-2H3. The predicted molar refractivity (Wildman–Crippen MR) is 108 cm³/mol. The molecule has 4 heterocycles. The van der Waals surface area contributed by atoms with Crippen molar-refractivity contribution in [1.82, 2.24) is 9.88 Å². The quantitative estimate of drug-likeness (QED) is 0.729. The highest BCUT2D eigenvalue weighted by atomic mass is 16.6. The topological polar surface area (TPSA) is 85.8 Å². The van der Waals surface area contributed by atoms with Gasteiger partial charge in [-0.15, -0.1) is 0 Å². The number of para-hydroxylation sites is 1. The van der Waals surface area contributed by atoms with E-state index in [1.165, 1.54) is 0 Å². The van der Waals surface area contributed by atoms with Crippen LogP contribution in [0.15, 0.2) is 36.4 Å². The lowest BCUT2D eigenvalue weighted by molar-refractivity contribution is -0.205. The number of carbonyl (C=O) groups is 3. The van der Waals surface area contributed by atoms with E-state index in [0.29, 0.717) is 12.2 Å². The molecule has 5 rings (SSSR count). The number of cyclic esters (lactones) is 1. The number of benzene rings is 1. The van der Waals surface area contributed by atoms with Crippen LogP contribution in [0, 0.1) is 11.8 Å². The van der Waals surface area contributed by atoms with Gasteiger partial charge in [-0.3, -0.25) is 9.59 Å². The van der Waals surface area contributed by atoms with Crippen molar-refractivity contribution in [2.75, 3.05) is 6.61 Å². The average molecular weight is 406 g/mol.